The molecular formula is C25H30N2O5Si. The van der Waals surface area contributed by atoms with E-state index in [2.05, 4.69) is 50.0 Å². The van der Waals surface area contributed by atoms with Gasteiger partial charge < -0.3 is 9.53 Å². The molecule has 2 N–H and O–H groups in total. The number of carboxylic acids is 1. The van der Waals surface area contributed by atoms with Gasteiger partial charge in [0.05, 0.1) is 5.92 Å². The summed E-state index contributed by atoms with van der Waals surface area (Å²) in [4.78, 5) is 37.4. The van der Waals surface area contributed by atoms with Gasteiger partial charge in [0.15, 0.2) is 0 Å². The lowest BCUT2D eigenvalue weighted by atomic mass is 10.1. The van der Waals surface area contributed by atoms with Crippen LogP contribution >= 0.6 is 0 Å². The molecule has 8 heteroatoms. The molecule has 0 saturated carbocycles. The van der Waals surface area contributed by atoms with Crippen LogP contribution in [0, 0.1) is 5.92 Å². The molecule has 1 heterocycles. The summed E-state index contributed by atoms with van der Waals surface area (Å²) in [6.07, 6.45) is 1.55. The van der Waals surface area contributed by atoms with E-state index in [1.54, 1.807) is 0 Å². The van der Waals surface area contributed by atoms with Gasteiger partial charge in [0.2, 0.25) is 0 Å². The minimum atomic E-state index is -2.77. The standard InChI is InChI=1S/C25H30N2O5Si/c1-25(2,3)33(20-10-6-4-7-11-20,21-12-8-5-9-13-21)32-17-15-19(23(29)30)18-27-16-14-22(28)26-24(27)31/h4-14,16,19H,15,17-18H2,1-3H3,(H,29,30)(H,26,28,31). The van der Waals surface area contributed by atoms with Crippen molar-refractivity contribution in [3.63, 3.8) is 0 Å². The SMILES string of the molecule is CC(C)(C)[Si](OCCC(Cn1ccc(=O)[nH]c1=O)C(=O)O)(c1ccccc1)c1ccccc1. The van der Waals surface area contributed by atoms with Crippen molar-refractivity contribution in [3.8, 4) is 0 Å². The van der Waals surface area contributed by atoms with Gasteiger partial charge in [-0.3, -0.25) is 19.1 Å². The van der Waals surface area contributed by atoms with Crippen molar-refractivity contribution in [2.24, 2.45) is 5.92 Å². The van der Waals surface area contributed by atoms with Crippen LogP contribution in [-0.2, 0) is 15.8 Å². The van der Waals surface area contributed by atoms with Crippen molar-refractivity contribution >= 4 is 24.7 Å². The second kappa shape index (κ2) is 10.1. The molecule has 0 aliphatic rings. The Labute approximate surface area is 193 Å². The van der Waals surface area contributed by atoms with E-state index in [9.17, 15) is 19.5 Å². The zero-order valence-electron chi connectivity index (χ0n) is 19.2. The average molecular weight is 467 g/mol. The van der Waals surface area contributed by atoms with Crippen LogP contribution in [0.5, 0.6) is 0 Å². The minimum absolute atomic E-state index is 0.0466. The van der Waals surface area contributed by atoms with Crippen LogP contribution in [0.25, 0.3) is 0 Å². The predicted molar refractivity (Wildman–Crippen MR) is 131 cm³/mol. The maximum atomic E-state index is 12.0. The van der Waals surface area contributed by atoms with E-state index in [0.717, 1.165) is 10.4 Å². The summed E-state index contributed by atoms with van der Waals surface area (Å²) in [5.74, 6) is -1.86. The van der Waals surface area contributed by atoms with Gasteiger partial charge in [-0.05, 0) is 21.8 Å². The van der Waals surface area contributed by atoms with Gasteiger partial charge in [-0.2, -0.15) is 0 Å². The summed E-state index contributed by atoms with van der Waals surface area (Å²) >= 11 is 0. The van der Waals surface area contributed by atoms with Gasteiger partial charge in [0, 0.05) is 25.4 Å². The number of hydrogen-bond donors (Lipinski definition) is 2. The number of aromatic nitrogens is 2. The molecule has 3 rings (SSSR count). The number of hydrogen-bond acceptors (Lipinski definition) is 4. The Hall–Kier alpha value is -3.23. The molecule has 174 valence electrons. The molecule has 1 unspecified atom stereocenters. The number of carboxylic acid groups (broad SMARTS) is 1. The van der Waals surface area contributed by atoms with E-state index in [4.69, 9.17) is 4.43 Å². The first-order valence-corrected chi connectivity index (χ1v) is 12.8. The second-order valence-corrected chi connectivity index (χ2v) is 13.4. The Balaban J connectivity index is 1.91. The van der Waals surface area contributed by atoms with Crippen LogP contribution in [0.3, 0.4) is 0 Å². The van der Waals surface area contributed by atoms with Crippen LogP contribution in [0.4, 0.5) is 0 Å². The Bertz CT molecular complexity index is 1140. The van der Waals surface area contributed by atoms with Gasteiger partial charge in [-0.25, -0.2) is 4.79 Å². The zero-order chi connectivity index (χ0) is 24.1. The third kappa shape index (κ3) is 5.40. The molecule has 3 aromatic rings. The number of aliphatic carboxylic acids is 1. The third-order valence-corrected chi connectivity index (χ3v) is 10.9. The summed E-state index contributed by atoms with van der Waals surface area (Å²) in [5.41, 5.74) is -1.14. The second-order valence-electron chi connectivity index (χ2n) is 9.10. The Morgan fingerprint density at radius 3 is 2.00 bits per heavy atom. The molecule has 0 radical (unpaired) electrons. The summed E-state index contributed by atoms with van der Waals surface area (Å²) in [6.45, 7) is 6.66. The monoisotopic (exact) mass is 466 g/mol. The molecule has 0 aliphatic carbocycles. The van der Waals surface area contributed by atoms with Crippen LogP contribution < -0.4 is 21.6 Å². The van der Waals surface area contributed by atoms with E-state index >= 15 is 0 Å². The summed E-state index contributed by atoms with van der Waals surface area (Å²) in [5, 5.41) is 11.8. The summed E-state index contributed by atoms with van der Waals surface area (Å²) < 4.78 is 7.98. The zero-order valence-corrected chi connectivity index (χ0v) is 20.2. The molecule has 7 nitrogen and oxygen atoms in total. The highest BCUT2D eigenvalue weighted by Crippen LogP contribution is 2.36. The van der Waals surface area contributed by atoms with E-state index < -0.39 is 31.5 Å². The molecule has 0 fully saturated rings. The number of H-pyrrole nitrogens is 1. The fourth-order valence-corrected chi connectivity index (χ4v) is 8.81. The first-order chi connectivity index (χ1) is 15.6. The highest BCUT2D eigenvalue weighted by Gasteiger charge is 2.50. The number of nitrogens with one attached hydrogen (secondary N) is 1. The number of nitrogens with zero attached hydrogens (tertiary/aromatic N) is 1. The highest BCUT2D eigenvalue weighted by molar-refractivity contribution is 6.99. The molecular weight excluding hydrogens is 436 g/mol. The van der Waals surface area contributed by atoms with E-state index in [1.165, 1.54) is 16.8 Å². The Morgan fingerprint density at radius 2 is 1.55 bits per heavy atom. The van der Waals surface area contributed by atoms with Crippen molar-refractivity contribution in [1.29, 1.82) is 0 Å². The lowest BCUT2D eigenvalue weighted by Gasteiger charge is -2.43. The van der Waals surface area contributed by atoms with Gasteiger partial charge >= 0.3 is 11.7 Å². The van der Waals surface area contributed by atoms with Crippen molar-refractivity contribution in [1.82, 2.24) is 9.55 Å². The van der Waals surface area contributed by atoms with Gasteiger partial charge in [-0.1, -0.05) is 81.4 Å². The first kappa shape index (κ1) is 24.4. The minimum Gasteiger partial charge on any atom is -0.481 e. The van der Waals surface area contributed by atoms with Crippen molar-refractivity contribution in [3.05, 3.63) is 93.8 Å². The lowest BCUT2D eigenvalue weighted by Crippen LogP contribution is -2.66. The first-order valence-electron chi connectivity index (χ1n) is 10.9. The van der Waals surface area contributed by atoms with Gasteiger partial charge in [0.1, 0.15) is 0 Å². The fraction of sp³-hybridized carbons (Fsp3) is 0.320. The van der Waals surface area contributed by atoms with Gasteiger partial charge in [0.25, 0.3) is 13.9 Å². The van der Waals surface area contributed by atoms with Crippen LogP contribution in [0.1, 0.15) is 27.2 Å². The lowest BCUT2D eigenvalue weighted by molar-refractivity contribution is -0.142. The number of benzene rings is 2. The Kier molecular flexibility index (Phi) is 7.50. The van der Waals surface area contributed by atoms with Crippen molar-refractivity contribution in [2.45, 2.75) is 38.8 Å². The molecule has 0 spiro atoms. The van der Waals surface area contributed by atoms with Crippen molar-refractivity contribution in [2.75, 3.05) is 6.61 Å². The molecule has 1 atom stereocenters. The van der Waals surface area contributed by atoms with E-state index in [0.29, 0.717) is 0 Å². The quantitative estimate of drug-likeness (QED) is 0.471. The topological polar surface area (TPSA) is 101 Å². The number of rotatable bonds is 9. The van der Waals surface area contributed by atoms with E-state index in [1.807, 2.05) is 36.4 Å². The van der Waals surface area contributed by atoms with Crippen LogP contribution in [0.2, 0.25) is 5.04 Å². The highest BCUT2D eigenvalue weighted by atomic mass is 28.4. The van der Waals surface area contributed by atoms with Crippen molar-refractivity contribution < 1.29 is 14.3 Å². The Morgan fingerprint density at radius 1 is 1.00 bits per heavy atom. The molecule has 1 aromatic heterocycles. The maximum absolute atomic E-state index is 12.0. The van der Waals surface area contributed by atoms with E-state index in [-0.39, 0.29) is 24.6 Å². The third-order valence-electron chi connectivity index (χ3n) is 5.86. The smallest absolute Gasteiger partial charge is 0.328 e. The molecule has 0 aliphatic heterocycles. The maximum Gasteiger partial charge on any atom is 0.328 e. The predicted octanol–water partition coefficient (Wildman–Crippen LogP) is 2.20. The normalized spacial score (nSPS) is 12.9. The van der Waals surface area contributed by atoms with Crippen LogP contribution in [-0.4, -0.2) is 35.6 Å². The molecule has 33 heavy (non-hydrogen) atoms. The summed E-state index contributed by atoms with van der Waals surface area (Å²) in [6, 6.07) is 21.5. The number of aromatic amines is 1. The summed E-state index contributed by atoms with van der Waals surface area (Å²) in [7, 11) is -2.77. The molecule has 0 bridgehead atoms. The fourth-order valence-electron chi connectivity index (χ4n) is 4.23. The largest absolute Gasteiger partial charge is 0.481 e. The molecule has 2 aromatic carbocycles. The molecule has 0 amide bonds. The molecule has 0 saturated heterocycles. The number of carbonyl (C=O) groups is 1. The van der Waals surface area contributed by atoms with Gasteiger partial charge in [-0.15, -0.1) is 0 Å². The average Bonchev–Trinajstić information content (AvgIpc) is 2.77. The van der Waals surface area contributed by atoms with Crippen LogP contribution in [0.15, 0.2) is 82.5 Å².